The zero-order valence-corrected chi connectivity index (χ0v) is 13.4. The van der Waals surface area contributed by atoms with Gasteiger partial charge in [-0.25, -0.2) is 0 Å². The predicted octanol–water partition coefficient (Wildman–Crippen LogP) is 4.03. The zero-order chi connectivity index (χ0) is 15.6. The molecule has 1 N–H and O–H groups in total. The summed E-state index contributed by atoms with van der Waals surface area (Å²) in [4.78, 5) is 0. The van der Waals surface area contributed by atoms with Crippen LogP contribution in [0.4, 0.5) is 0 Å². The van der Waals surface area contributed by atoms with Crippen LogP contribution in [0, 0.1) is 0 Å². The van der Waals surface area contributed by atoms with Crippen LogP contribution in [0.5, 0.6) is 11.5 Å². The molecule has 118 valence electrons. The normalized spacial score (nSPS) is 11.9. The first-order valence-corrected chi connectivity index (χ1v) is 7.91. The van der Waals surface area contributed by atoms with E-state index in [0.717, 1.165) is 24.5 Å². The highest BCUT2D eigenvalue weighted by atomic mass is 16.5. The third-order valence-electron chi connectivity index (χ3n) is 3.55. The summed E-state index contributed by atoms with van der Waals surface area (Å²) in [5, 5.41) is 3.48. The van der Waals surface area contributed by atoms with Crippen molar-refractivity contribution in [2.24, 2.45) is 0 Å². The molecule has 0 heterocycles. The molecule has 0 fully saturated rings. The lowest BCUT2D eigenvalue weighted by Gasteiger charge is -2.12. The van der Waals surface area contributed by atoms with Gasteiger partial charge in [-0.3, -0.25) is 0 Å². The fourth-order valence-electron chi connectivity index (χ4n) is 1.98. The Kier molecular flexibility index (Phi) is 6.78. The molecule has 2 rings (SSSR count). The summed E-state index contributed by atoms with van der Waals surface area (Å²) in [5.74, 6) is 1.75. The molecule has 0 aliphatic heterocycles. The summed E-state index contributed by atoms with van der Waals surface area (Å²) in [7, 11) is 0. The summed E-state index contributed by atoms with van der Waals surface area (Å²) in [6.07, 6.45) is 1.14. The van der Waals surface area contributed by atoms with Crippen molar-refractivity contribution in [3.8, 4) is 11.5 Å². The average molecular weight is 299 g/mol. The molecule has 0 aliphatic rings. The van der Waals surface area contributed by atoms with Crippen LogP contribution in [0.15, 0.2) is 54.6 Å². The monoisotopic (exact) mass is 299 g/mol. The van der Waals surface area contributed by atoms with Crippen LogP contribution in [0.3, 0.4) is 0 Å². The Hall–Kier alpha value is -2.00. The number of hydrogen-bond acceptors (Lipinski definition) is 3. The van der Waals surface area contributed by atoms with E-state index in [-0.39, 0.29) is 0 Å². The number of ether oxygens (including phenoxy) is 2. The maximum Gasteiger partial charge on any atom is 0.122 e. The van der Waals surface area contributed by atoms with Crippen LogP contribution in [-0.2, 0) is 6.54 Å². The van der Waals surface area contributed by atoms with Crippen LogP contribution >= 0.6 is 0 Å². The van der Waals surface area contributed by atoms with Gasteiger partial charge in [-0.15, -0.1) is 0 Å². The van der Waals surface area contributed by atoms with Crippen LogP contribution in [-0.4, -0.2) is 19.3 Å². The third-order valence-corrected chi connectivity index (χ3v) is 3.55. The molecule has 1 atom stereocenters. The van der Waals surface area contributed by atoms with Gasteiger partial charge in [0.2, 0.25) is 0 Å². The molecule has 0 saturated carbocycles. The zero-order valence-electron chi connectivity index (χ0n) is 13.4. The summed E-state index contributed by atoms with van der Waals surface area (Å²) in [6.45, 7) is 6.36. The standard InChI is InChI=1S/C19H25NO2/c1-3-16(2)20-15-17-9-11-19(12-10-17)22-14-13-21-18-7-5-4-6-8-18/h4-12,16,20H,3,13-15H2,1-2H3. The van der Waals surface area contributed by atoms with Crippen molar-refractivity contribution in [2.45, 2.75) is 32.9 Å². The first-order chi connectivity index (χ1) is 10.8. The van der Waals surface area contributed by atoms with E-state index in [1.54, 1.807) is 0 Å². The van der Waals surface area contributed by atoms with Crippen molar-refractivity contribution in [1.82, 2.24) is 5.32 Å². The molecule has 0 aromatic heterocycles. The minimum Gasteiger partial charge on any atom is -0.490 e. The van der Waals surface area contributed by atoms with Crippen molar-refractivity contribution >= 4 is 0 Å². The van der Waals surface area contributed by atoms with Gasteiger partial charge in [-0.1, -0.05) is 37.3 Å². The molecule has 0 radical (unpaired) electrons. The van der Waals surface area contributed by atoms with E-state index in [1.165, 1.54) is 5.56 Å². The minimum absolute atomic E-state index is 0.541. The Bertz CT molecular complexity index is 525. The average Bonchev–Trinajstić information content (AvgIpc) is 2.58. The maximum absolute atomic E-state index is 5.68. The Morgan fingerprint density at radius 2 is 1.45 bits per heavy atom. The van der Waals surface area contributed by atoms with Crippen LogP contribution in [0.1, 0.15) is 25.8 Å². The molecule has 0 bridgehead atoms. The number of nitrogens with one attached hydrogen (secondary N) is 1. The highest BCUT2D eigenvalue weighted by Gasteiger charge is 1.99. The van der Waals surface area contributed by atoms with Crippen LogP contribution < -0.4 is 14.8 Å². The van der Waals surface area contributed by atoms with Gasteiger partial charge in [0.1, 0.15) is 24.7 Å². The van der Waals surface area contributed by atoms with Gasteiger partial charge in [0.25, 0.3) is 0 Å². The molecule has 0 spiro atoms. The second-order valence-electron chi connectivity index (χ2n) is 5.34. The summed E-state index contributed by atoms with van der Waals surface area (Å²) < 4.78 is 11.3. The predicted molar refractivity (Wildman–Crippen MR) is 90.5 cm³/mol. The molecule has 2 aromatic rings. The third kappa shape index (κ3) is 5.78. The van der Waals surface area contributed by atoms with Gasteiger partial charge < -0.3 is 14.8 Å². The molecule has 22 heavy (non-hydrogen) atoms. The lowest BCUT2D eigenvalue weighted by atomic mass is 10.2. The minimum atomic E-state index is 0.541. The second-order valence-corrected chi connectivity index (χ2v) is 5.34. The maximum atomic E-state index is 5.68. The fraction of sp³-hybridized carbons (Fsp3) is 0.368. The smallest absolute Gasteiger partial charge is 0.122 e. The van der Waals surface area contributed by atoms with Gasteiger partial charge in [-0.05, 0) is 43.2 Å². The number of benzene rings is 2. The topological polar surface area (TPSA) is 30.5 Å². The summed E-state index contributed by atoms with van der Waals surface area (Å²) in [6, 6.07) is 18.5. The lowest BCUT2D eigenvalue weighted by molar-refractivity contribution is 0.217. The SMILES string of the molecule is CCC(C)NCc1ccc(OCCOc2ccccc2)cc1. The Balaban J connectivity index is 1.68. The van der Waals surface area contributed by atoms with E-state index >= 15 is 0 Å². The van der Waals surface area contributed by atoms with Gasteiger partial charge in [0.05, 0.1) is 0 Å². The quantitative estimate of drug-likeness (QED) is 0.709. The summed E-state index contributed by atoms with van der Waals surface area (Å²) in [5.41, 5.74) is 1.27. The van der Waals surface area contributed by atoms with E-state index in [0.29, 0.717) is 19.3 Å². The van der Waals surface area contributed by atoms with E-state index in [1.807, 2.05) is 42.5 Å². The van der Waals surface area contributed by atoms with Crippen LogP contribution in [0.2, 0.25) is 0 Å². The van der Waals surface area contributed by atoms with Crippen LogP contribution in [0.25, 0.3) is 0 Å². The van der Waals surface area contributed by atoms with Crippen molar-refractivity contribution in [1.29, 1.82) is 0 Å². The Labute approximate surface area is 133 Å². The molecule has 0 saturated heterocycles. The highest BCUT2D eigenvalue weighted by molar-refractivity contribution is 5.27. The molecule has 2 aromatic carbocycles. The van der Waals surface area contributed by atoms with E-state index in [4.69, 9.17) is 9.47 Å². The van der Waals surface area contributed by atoms with Gasteiger partial charge in [0.15, 0.2) is 0 Å². The van der Waals surface area contributed by atoms with Crippen molar-refractivity contribution in [2.75, 3.05) is 13.2 Å². The van der Waals surface area contributed by atoms with Crippen molar-refractivity contribution < 1.29 is 9.47 Å². The second kappa shape index (κ2) is 9.11. The van der Waals surface area contributed by atoms with Gasteiger partial charge >= 0.3 is 0 Å². The molecule has 1 unspecified atom stereocenters. The first kappa shape index (κ1) is 16.4. The number of hydrogen-bond donors (Lipinski definition) is 1. The molecule has 3 nitrogen and oxygen atoms in total. The van der Waals surface area contributed by atoms with E-state index < -0.39 is 0 Å². The highest BCUT2D eigenvalue weighted by Crippen LogP contribution is 2.13. The number of para-hydroxylation sites is 1. The molecular formula is C19H25NO2. The van der Waals surface area contributed by atoms with Gasteiger partial charge in [-0.2, -0.15) is 0 Å². The largest absolute Gasteiger partial charge is 0.490 e. The van der Waals surface area contributed by atoms with Gasteiger partial charge in [0, 0.05) is 12.6 Å². The molecule has 3 heteroatoms. The molecular weight excluding hydrogens is 274 g/mol. The van der Waals surface area contributed by atoms with Crippen molar-refractivity contribution in [3.63, 3.8) is 0 Å². The molecule has 0 amide bonds. The fourth-order valence-corrected chi connectivity index (χ4v) is 1.98. The number of rotatable bonds is 9. The van der Waals surface area contributed by atoms with E-state index in [2.05, 4.69) is 31.3 Å². The first-order valence-electron chi connectivity index (χ1n) is 7.91. The Morgan fingerprint density at radius 1 is 0.864 bits per heavy atom. The molecule has 0 aliphatic carbocycles. The van der Waals surface area contributed by atoms with E-state index in [9.17, 15) is 0 Å². The summed E-state index contributed by atoms with van der Waals surface area (Å²) >= 11 is 0. The lowest BCUT2D eigenvalue weighted by Crippen LogP contribution is -2.24. The van der Waals surface area contributed by atoms with Crippen molar-refractivity contribution in [3.05, 3.63) is 60.2 Å². The Morgan fingerprint density at radius 3 is 2.05 bits per heavy atom.